The first kappa shape index (κ1) is 11.7. The summed E-state index contributed by atoms with van der Waals surface area (Å²) in [4.78, 5) is 14.4. The smallest absolute Gasteiger partial charge is 0.159 e. The number of H-pyrrole nitrogens is 1. The van der Waals surface area contributed by atoms with E-state index in [0.29, 0.717) is 6.04 Å². The fraction of sp³-hybridized carbons (Fsp3) is 0.333. The standard InChI is InChI=1S/C15H17N5/c1-16-10-4-7-20(9-10)13-3-6-17-12-8-19-15-11(14(12)13)2-5-18-15/h2-3,5-6,8,10,16-17H,4,7,9H2,1H3. The van der Waals surface area contributed by atoms with Crippen LogP contribution in [0.5, 0.6) is 0 Å². The normalized spacial score (nSPS) is 19.2. The van der Waals surface area contributed by atoms with Crippen molar-refractivity contribution in [3.8, 4) is 0 Å². The number of pyridine rings is 2. The van der Waals surface area contributed by atoms with Gasteiger partial charge in [-0.15, -0.1) is 0 Å². The lowest BCUT2D eigenvalue weighted by atomic mass is 10.1. The first-order valence-corrected chi connectivity index (χ1v) is 7.00. The Morgan fingerprint density at radius 1 is 1.35 bits per heavy atom. The summed E-state index contributed by atoms with van der Waals surface area (Å²) in [5.74, 6) is 0. The minimum Gasteiger partial charge on any atom is -0.369 e. The zero-order valence-corrected chi connectivity index (χ0v) is 11.4. The van der Waals surface area contributed by atoms with Gasteiger partial charge in [-0.2, -0.15) is 0 Å². The van der Waals surface area contributed by atoms with Crippen molar-refractivity contribution in [3.05, 3.63) is 30.7 Å². The molecular formula is C15H17N5. The Morgan fingerprint density at radius 2 is 2.30 bits per heavy atom. The van der Waals surface area contributed by atoms with E-state index in [0.717, 1.165) is 29.6 Å². The van der Waals surface area contributed by atoms with Gasteiger partial charge >= 0.3 is 0 Å². The quantitative estimate of drug-likeness (QED) is 0.744. The van der Waals surface area contributed by atoms with E-state index in [-0.39, 0.29) is 0 Å². The predicted octanol–water partition coefficient (Wildman–Crippen LogP) is 1.91. The molecule has 0 spiro atoms. The third-order valence-electron chi connectivity index (χ3n) is 4.21. The summed E-state index contributed by atoms with van der Waals surface area (Å²) < 4.78 is 0. The van der Waals surface area contributed by atoms with Gasteiger partial charge in [0.25, 0.3) is 0 Å². The number of likely N-dealkylation sites (N-methyl/N-ethyl adjacent to an activating group) is 1. The monoisotopic (exact) mass is 267 g/mol. The molecule has 1 fully saturated rings. The lowest BCUT2D eigenvalue weighted by Gasteiger charge is -2.21. The predicted molar refractivity (Wildman–Crippen MR) is 81.1 cm³/mol. The van der Waals surface area contributed by atoms with E-state index < -0.39 is 0 Å². The average Bonchev–Trinajstić information content (AvgIpc) is 3.15. The molecule has 4 rings (SSSR count). The van der Waals surface area contributed by atoms with Gasteiger partial charge in [0.05, 0.1) is 11.7 Å². The number of hydrogen-bond donors (Lipinski definition) is 2. The van der Waals surface area contributed by atoms with Gasteiger partial charge in [-0.3, -0.25) is 0 Å². The average molecular weight is 267 g/mol. The zero-order chi connectivity index (χ0) is 13.5. The molecule has 2 N–H and O–H groups in total. The summed E-state index contributed by atoms with van der Waals surface area (Å²) in [7, 11) is 2.04. The number of hydrogen-bond acceptors (Lipinski definition) is 4. The minimum atomic E-state index is 0.573. The van der Waals surface area contributed by atoms with Crippen LogP contribution in [0.3, 0.4) is 0 Å². The third kappa shape index (κ3) is 1.67. The van der Waals surface area contributed by atoms with Crippen LogP contribution in [-0.2, 0) is 0 Å². The van der Waals surface area contributed by atoms with Gasteiger partial charge < -0.3 is 15.2 Å². The Balaban J connectivity index is 1.92. The van der Waals surface area contributed by atoms with Gasteiger partial charge in [-0.1, -0.05) is 0 Å². The highest BCUT2D eigenvalue weighted by Crippen LogP contribution is 2.32. The third-order valence-corrected chi connectivity index (χ3v) is 4.21. The molecule has 0 amide bonds. The number of aromatic amines is 1. The molecule has 1 atom stereocenters. The maximum absolute atomic E-state index is 4.39. The van der Waals surface area contributed by atoms with Crippen molar-refractivity contribution in [1.82, 2.24) is 20.3 Å². The van der Waals surface area contributed by atoms with E-state index in [9.17, 15) is 0 Å². The molecule has 0 radical (unpaired) electrons. The highest BCUT2D eigenvalue weighted by Gasteiger charge is 2.23. The molecule has 0 aromatic carbocycles. The van der Waals surface area contributed by atoms with Gasteiger partial charge in [0, 0.05) is 48.0 Å². The van der Waals surface area contributed by atoms with Crippen molar-refractivity contribution in [1.29, 1.82) is 0 Å². The Labute approximate surface area is 117 Å². The zero-order valence-electron chi connectivity index (χ0n) is 11.4. The number of rotatable bonds is 2. The SMILES string of the molecule is CNC1CCN(c2cc[nH]c3cnc4nccc4c23)C1. The first-order valence-electron chi connectivity index (χ1n) is 7.00. The van der Waals surface area contributed by atoms with E-state index in [1.807, 2.05) is 31.7 Å². The van der Waals surface area contributed by atoms with Gasteiger partial charge in [0.1, 0.15) is 0 Å². The van der Waals surface area contributed by atoms with Gasteiger partial charge in [0.15, 0.2) is 5.65 Å². The molecule has 5 heteroatoms. The van der Waals surface area contributed by atoms with Crippen LogP contribution in [0.25, 0.3) is 21.9 Å². The molecular weight excluding hydrogens is 250 g/mol. The largest absolute Gasteiger partial charge is 0.369 e. The van der Waals surface area contributed by atoms with Crippen LogP contribution < -0.4 is 10.2 Å². The highest BCUT2D eigenvalue weighted by atomic mass is 15.2. The van der Waals surface area contributed by atoms with Crippen LogP contribution in [0.1, 0.15) is 6.42 Å². The highest BCUT2D eigenvalue weighted by molar-refractivity contribution is 6.10. The molecule has 1 aliphatic rings. The number of aromatic nitrogens is 3. The van der Waals surface area contributed by atoms with Crippen molar-refractivity contribution >= 4 is 27.6 Å². The van der Waals surface area contributed by atoms with E-state index >= 15 is 0 Å². The summed E-state index contributed by atoms with van der Waals surface area (Å²) in [5.41, 5.74) is 3.16. The molecule has 3 aromatic heterocycles. The van der Waals surface area contributed by atoms with Crippen molar-refractivity contribution in [2.75, 3.05) is 25.0 Å². The number of nitrogens with one attached hydrogen (secondary N) is 2. The minimum absolute atomic E-state index is 0.573. The number of anilines is 1. The van der Waals surface area contributed by atoms with E-state index in [4.69, 9.17) is 0 Å². The van der Waals surface area contributed by atoms with Crippen molar-refractivity contribution in [2.45, 2.75) is 12.5 Å². The van der Waals surface area contributed by atoms with E-state index in [1.54, 1.807) is 0 Å². The summed E-state index contributed by atoms with van der Waals surface area (Å²) >= 11 is 0. The van der Waals surface area contributed by atoms with Crippen LogP contribution >= 0.6 is 0 Å². The number of nitrogens with zero attached hydrogens (tertiary/aromatic N) is 3. The van der Waals surface area contributed by atoms with Crippen LogP contribution in [0.4, 0.5) is 5.69 Å². The van der Waals surface area contributed by atoms with Crippen LogP contribution in [-0.4, -0.2) is 41.1 Å². The van der Waals surface area contributed by atoms with Crippen molar-refractivity contribution in [2.24, 2.45) is 0 Å². The molecule has 3 aromatic rings. The lowest BCUT2D eigenvalue weighted by molar-refractivity contribution is 0.617. The second-order valence-electron chi connectivity index (χ2n) is 5.31. The Hall–Kier alpha value is -2.14. The first-order chi connectivity index (χ1) is 9.86. The fourth-order valence-corrected chi connectivity index (χ4v) is 3.12. The summed E-state index contributed by atoms with van der Waals surface area (Å²) in [6.45, 7) is 2.14. The van der Waals surface area contributed by atoms with Crippen molar-refractivity contribution < 1.29 is 0 Å². The summed E-state index contributed by atoms with van der Waals surface area (Å²) in [6.07, 6.45) is 6.88. The van der Waals surface area contributed by atoms with Gasteiger partial charge in [-0.25, -0.2) is 9.97 Å². The summed E-state index contributed by atoms with van der Waals surface area (Å²) in [5, 5.41) is 5.73. The van der Waals surface area contributed by atoms with E-state index in [1.165, 1.54) is 17.5 Å². The lowest BCUT2D eigenvalue weighted by Crippen LogP contribution is -2.29. The van der Waals surface area contributed by atoms with Crippen LogP contribution in [0, 0.1) is 0 Å². The Kier molecular flexibility index (Phi) is 2.60. The number of fused-ring (bicyclic) bond motifs is 3. The Morgan fingerprint density at radius 3 is 3.15 bits per heavy atom. The van der Waals surface area contributed by atoms with Gasteiger partial charge in [0.2, 0.25) is 0 Å². The molecule has 20 heavy (non-hydrogen) atoms. The molecule has 0 bridgehead atoms. The van der Waals surface area contributed by atoms with Crippen molar-refractivity contribution in [3.63, 3.8) is 0 Å². The Bertz CT molecular complexity index is 763. The van der Waals surface area contributed by atoms with Crippen LogP contribution in [0.2, 0.25) is 0 Å². The molecule has 4 heterocycles. The molecule has 1 saturated heterocycles. The second-order valence-corrected chi connectivity index (χ2v) is 5.31. The summed E-state index contributed by atoms with van der Waals surface area (Å²) in [6, 6.07) is 4.78. The molecule has 5 nitrogen and oxygen atoms in total. The molecule has 1 unspecified atom stereocenters. The van der Waals surface area contributed by atoms with Crippen LogP contribution in [0.15, 0.2) is 30.7 Å². The maximum Gasteiger partial charge on any atom is 0.159 e. The fourth-order valence-electron chi connectivity index (χ4n) is 3.12. The second kappa shape index (κ2) is 4.45. The molecule has 0 aliphatic carbocycles. The topological polar surface area (TPSA) is 56.8 Å². The van der Waals surface area contributed by atoms with E-state index in [2.05, 4.69) is 31.2 Å². The molecule has 0 saturated carbocycles. The maximum atomic E-state index is 4.39. The molecule has 102 valence electrons. The van der Waals surface area contributed by atoms with Gasteiger partial charge in [-0.05, 0) is 25.6 Å². The molecule has 1 aliphatic heterocycles.